The van der Waals surface area contributed by atoms with E-state index >= 15 is 0 Å². The maximum atomic E-state index is 12.9. The van der Waals surface area contributed by atoms with Crippen molar-refractivity contribution in [3.63, 3.8) is 0 Å². The minimum Gasteiger partial charge on any atom is -0.354 e. The van der Waals surface area contributed by atoms with Crippen molar-refractivity contribution in [1.29, 1.82) is 0 Å². The van der Waals surface area contributed by atoms with Crippen molar-refractivity contribution in [3.05, 3.63) is 76.7 Å². The summed E-state index contributed by atoms with van der Waals surface area (Å²) in [6, 6.07) is 12.7. The molecule has 0 fully saturated rings. The molecule has 1 aromatic heterocycles. The number of nitrogens with one attached hydrogen (secondary N) is 2. The van der Waals surface area contributed by atoms with E-state index in [2.05, 4.69) is 53.5 Å². The standard InChI is InChI=1S/C21H23FN4/c1-14-12-15(2)20(16(3)13-14)25-19-9-11-24-21(26-19)23-10-8-17-4-6-18(22)7-5-17/h4-7,9,11-13H,8,10H2,1-3H3,(H2,23,24,25,26). The summed E-state index contributed by atoms with van der Waals surface area (Å²) in [5.74, 6) is 1.10. The van der Waals surface area contributed by atoms with Gasteiger partial charge in [0.15, 0.2) is 0 Å². The van der Waals surface area contributed by atoms with Crippen LogP contribution in [0.15, 0.2) is 48.7 Å². The molecule has 3 rings (SSSR count). The molecule has 0 bridgehead atoms. The summed E-state index contributed by atoms with van der Waals surface area (Å²) >= 11 is 0. The molecule has 1 heterocycles. The number of hydrogen-bond donors (Lipinski definition) is 2. The first-order chi connectivity index (χ1) is 12.5. The molecule has 2 N–H and O–H groups in total. The third-order valence-electron chi connectivity index (χ3n) is 4.20. The lowest BCUT2D eigenvalue weighted by Gasteiger charge is -2.14. The van der Waals surface area contributed by atoms with Gasteiger partial charge in [0.2, 0.25) is 5.95 Å². The zero-order valence-corrected chi connectivity index (χ0v) is 15.3. The number of nitrogens with zero attached hydrogens (tertiary/aromatic N) is 2. The van der Waals surface area contributed by atoms with Gasteiger partial charge in [0, 0.05) is 18.4 Å². The number of benzene rings is 2. The molecule has 4 nitrogen and oxygen atoms in total. The van der Waals surface area contributed by atoms with Gasteiger partial charge in [-0.1, -0.05) is 29.8 Å². The summed E-state index contributed by atoms with van der Waals surface area (Å²) in [6.07, 6.45) is 2.51. The van der Waals surface area contributed by atoms with Crippen LogP contribution in [0.5, 0.6) is 0 Å². The Hall–Kier alpha value is -2.95. The smallest absolute Gasteiger partial charge is 0.224 e. The Kier molecular flexibility index (Phi) is 5.46. The van der Waals surface area contributed by atoms with Crippen LogP contribution in [0.4, 0.5) is 21.8 Å². The molecule has 5 heteroatoms. The molecule has 0 aliphatic carbocycles. The minimum absolute atomic E-state index is 0.217. The highest BCUT2D eigenvalue weighted by atomic mass is 19.1. The van der Waals surface area contributed by atoms with E-state index in [4.69, 9.17) is 0 Å². The average Bonchev–Trinajstić information content (AvgIpc) is 2.60. The lowest BCUT2D eigenvalue weighted by atomic mass is 10.1. The number of rotatable bonds is 6. The van der Waals surface area contributed by atoms with E-state index < -0.39 is 0 Å². The van der Waals surface area contributed by atoms with Crippen molar-refractivity contribution in [3.8, 4) is 0 Å². The molecule has 134 valence electrons. The number of hydrogen-bond acceptors (Lipinski definition) is 4. The predicted octanol–water partition coefficient (Wildman–Crippen LogP) is 4.94. The van der Waals surface area contributed by atoms with Gasteiger partial charge in [-0.05, 0) is 62.1 Å². The van der Waals surface area contributed by atoms with Crippen LogP contribution in [0.25, 0.3) is 0 Å². The van der Waals surface area contributed by atoms with E-state index in [1.54, 1.807) is 18.3 Å². The highest BCUT2D eigenvalue weighted by Gasteiger charge is 2.06. The Morgan fingerprint density at radius 1 is 0.962 bits per heavy atom. The maximum absolute atomic E-state index is 12.9. The summed E-state index contributed by atoms with van der Waals surface area (Å²) < 4.78 is 12.9. The van der Waals surface area contributed by atoms with Gasteiger partial charge in [0.05, 0.1) is 0 Å². The van der Waals surface area contributed by atoms with Crippen molar-refractivity contribution in [2.75, 3.05) is 17.2 Å². The van der Waals surface area contributed by atoms with Crippen LogP contribution in [0.2, 0.25) is 0 Å². The van der Waals surface area contributed by atoms with Gasteiger partial charge < -0.3 is 10.6 Å². The van der Waals surface area contributed by atoms with Crippen molar-refractivity contribution in [2.24, 2.45) is 0 Å². The maximum Gasteiger partial charge on any atom is 0.224 e. The molecule has 0 aliphatic rings. The van der Waals surface area contributed by atoms with E-state index in [0.717, 1.165) is 23.5 Å². The molecular weight excluding hydrogens is 327 g/mol. The van der Waals surface area contributed by atoms with Crippen LogP contribution in [-0.2, 0) is 6.42 Å². The third kappa shape index (κ3) is 4.57. The largest absolute Gasteiger partial charge is 0.354 e. The number of anilines is 3. The van der Waals surface area contributed by atoms with Crippen LogP contribution < -0.4 is 10.6 Å². The zero-order chi connectivity index (χ0) is 18.5. The van der Waals surface area contributed by atoms with Gasteiger partial charge in [0.25, 0.3) is 0 Å². The average molecular weight is 350 g/mol. The SMILES string of the molecule is Cc1cc(C)c(Nc2ccnc(NCCc3ccc(F)cc3)n2)c(C)c1. The van der Waals surface area contributed by atoms with Crippen LogP contribution in [0.1, 0.15) is 22.3 Å². The molecule has 0 amide bonds. The van der Waals surface area contributed by atoms with Gasteiger partial charge in [-0.3, -0.25) is 0 Å². The topological polar surface area (TPSA) is 49.8 Å². The van der Waals surface area contributed by atoms with Crippen molar-refractivity contribution in [1.82, 2.24) is 9.97 Å². The summed E-state index contributed by atoms with van der Waals surface area (Å²) in [7, 11) is 0. The van der Waals surface area contributed by atoms with Crippen LogP contribution in [-0.4, -0.2) is 16.5 Å². The Morgan fingerprint density at radius 3 is 2.35 bits per heavy atom. The zero-order valence-electron chi connectivity index (χ0n) is 15.3. The van der Waals surface area contributed by atoms with E-state index in [1.807, 2.05) is 6.07 Å². The molecule has 0 spiro atoms. The van der Waals surface area contributed by atoms with Gasteiger partial charge in [-0.15, -0.1) is 0 Å². The van der Waals surface area contributed by atoms with Gasteiger partial charge in [-0.2, -0.15) is 4.98 Å². The molecular formula is C21H23FN4. The molecule has 0 aliphatic heterocycles. The second kappa shape index (κ2) is 7.95. The summed E-state index contributed by atoms with van der Waals surface area (Å²) in [4.78, 5) is 8.79. The highest BCUT2D eigenvalue weighted by Crippen LogP contribution is 2.25. The molecule has 0 radical (unpaired) electrons. The molecule has 2 aromatic carbocycles. The molecule has 3 aromatic rings. The minimum atomic E-state index is -0.217. The van der Waals surface area contributed by atoms with Crippen molar-refractivity contribution in [2.45, 2.75) is 27.2 Å². The third-order valence-corrected chi connectivity index (χ3v) is 4.20. The van der Waals surface area contributed by atoms with Crippen LogP contribution in [0.3, 0.4) is 0 Å². The first-order valence-corrected chi connectivity index (χ1v) is 8.67. The van der Waals surface area contributed by atoms with Gasteiger partial charge in [0.1, 0.15) is 11.6 Å². The van der Waals surface area contributed by atoms with E-state index in [-0.39, 0.29) is 5.82 Å². The Labute approximate surface area is 153 Å². The van der Waals surface area contributed by atoms with E-state index in [1.165, 1.54) is 28.8 Å². The summed E-state index contributed by atoms with van der Waals surface area (Å²) in [6.45, 7) is 6.95. The lowest BCUT2D eigenvalue weighted by Crippen LogP contribution is -2.09. The number of aromatic nitrogens is 2. The fourth-order valence-corrected chi connectivity index (χ4v) is 2.99. The Balaban J connectivity index is 1.64. The molecule has 0 unspecified atom stereocenters. The quantitative estimate of drug-likeness (QED) is 0.661. The predicted molar refractivity (Wildman–Crippen MR) is 105 cm³/mol. The van der Waals surface area contributed by atoms with E-state index in [0.29, 0.717) is 12.5 Å². The Bertz CT molecular complexity index is 868. The van der Waals surface area contributed by atoms with Crippen LogP contribution in [0, 0.1) is 26.6 Å². The van der Waals surface area contributed by atoms with Crippen molar-refractivity contribution < 1.29 is 4.39 Å². The lowest BCUT2D eigenvalue weighted by molar-refractivity contribution is 0.627. The normalized spacial score (nSPS) is 10.6. The highest BCUT2D eigenvalue weighted by molar-refractivity contribution is 5.65. The van der Waals surface area contributed by atoms with Crippen molar-refractivity contribution >= 4 is 17.5 Å². The summed E-state index contributed by atoms with van der Waals surface area (Å²) in [5, 5.41) is 6.61. The van der Waals surface area contributed by atoms with E-state index in [9.17, 15) is 4.39 Å². The molecule has 0 saturated carbocycles. The van der Waals surface area contributed by atoms with Crippen LogP contribution >= 0.6 is 0 Å². The van der Waals surface area contributed by atoms with Gasteiger partial charge >= 0.3 is 0 Å². The fraction of sp³-hybridized carbons (Fsp3) is 0.238. The van der Waals surface area contributed by atoms with Gasteiger partial charge in [-0.25, -0.2) is 9.37 Å². The second-order valence-electron chi connectivity index (χ2n) is 6.47. The summed E-state index contributed by atoms with van der Waals surface area (Å²) in [5.41, 5.74) is 5.76. The molecule has 0 saturated heterocycles. The monoisotopic (exact) mass is 350 g/mol. The fourth-order valence-electron chi connectivity index (χ4n) is 2.99. The molecule has 26 heavy (non-hydrogen) atoms. The Morgan fingerprint density at radius 2 is 1.65 bits per heavy atom. The number of halogens is 1. The second-order valence-corrected chi connectivity index (χ2v) is 6.47. The first-order valence-electron chi connectivity index (χ1n) is 8.67. The molecule has 0 atom stereocenters. The first kappa shape index (κ1) is 17.9. The number of aryl methyl sites for hydroxylation is 3.